The number of ether oxygens (including phenoxy) is 2. The van der Waals surface area contributed by atoms with Crippen LogP contribution in [0, 0.1) is 11.8 Å². The summed E-state index contributed by atoms with van der Waals surface area (Å²) in [6, 6.07) is 10.6. The second-order valence-corrected chi connectivity index (χ2v) is 9.33. The number of carbonyl (C=O) groups excluding carboxylic acids is 2. The second-order valence-electron chi connectivity index (χ2n) is 9.33. The Labute approximate surface area is 185 Å². The van der Waals surface area contributed by atoms with Crippen molar-refractivity contribution in [1.82, 2.24) is 10.2 Å². The minimum Gasteiger partial charge on any atom is -0.465 e. The van der Waals surface area contributed by atoms with E-state index in [2.05, 4.69) is 29.6 Å². The van der Waals surface area contributed by atoms with Crippen LogP contribution in [0.4, 0.5) is 4.79 Å². The van der Waals surface area contributed by atoms with Crippen molar-refractivity contribution in [3.8, 4) is 0 Å². The number of esters is 1. The molecule has 0 spiro atoms. The third kappa shape index (κ3) is 5.59. The number of carbonyl (C=O) groups is 2. The van der Waals surface area contributed by atoms with Crippen molar-refractivity contribution in [2.24, 2.45) is 11.8 Å². The molecule has 31 heavy (non-hydrogen) atoms. The summed E-state index contributed by atoms with van der Waals surface area (Å²) >= 11 is 0. The Morgan fingerprint density at radius 2 is 1.81 bits per heavy atom. The van der Waals surface area contributed by atoms with Gasteiger partial charge in [0.2, 0.25) is 0 Å². The lowest BCUT2D eigenvalue weighted by Crippen LogP contribution is -2.51. The van der Waals surface area contributed by atoms with Gasteiger partial charge in [0, 0.05) is 12.1 Å². The van der Waals surface area contributed by atoms with Crippen LogP contribution in [-0.4, -0.2) is 48.7 Å². The van der Waals surface area contributed by atoms with E-state index in [0.717, 1.165) is 51.6 Å². The van der Waals surface area contributed by atoms with Gasteiger partial charge in [0.25, 0.3) is 0 Å². The first kappa shape index (κ1) is 22.1. The summed E-state index contributed by atoms with van der Waals surface area (Å²) in [4.78, 5) is 27.2. The minimum atomic E-state index is -0.324. The third-order valence-corrected chi connectivity index (χ3v) is 7.26. The monoisotopic (exact) mass is 428 g/mol. The molecule has 1 aliphatic heterocycles. The van der Waals surface area contributed by atoms with Crippen LogP contribution in [0.15, 0.2) is 30.3 Å². The SMILES string of the molecule is CCOC(=O)CN(C(=O)NC1CCCCC1)[C@@H]1C[C@@H]2CO[C@H](c3ccccc3)C[C@@H]2C1. The zero-order valence-corrected chi connectivity index (χ0v) is 18.6. The van der Waals surface area contributed by atoms with Crippen molar-refractivity contribution < 1.29 is 19.1 Å². The smallest absolute Gasteiger partial charge is 0.325 e. The number of nitrogens with zero attached hydrogens (tertiary/aromatic N) is 1. The highest BCUT2D eigenvalue weighted by Crippen LogP contribution is 2.45. The first-order valence-corrected chi connectivity index (χ1v) is 12.0. The molecule has 3 aliphatic rings. The van der Waals surface area contributed by atoms with Gasteiger partial charge in [-0.15, -0.1) is 0 Å². The number of hydrogen-bond acceptors (Lipinski definition) is 4. The average Bonchev–Trinajstić information content (AvgIpc) is 3.22. The van der Waals surface area contributed by atoms with E-state index in [1.165, 1.54) is 12.0 Å². The summed E-state index contributed by atoms with van der Waals surface area (Å²) in [7, 11) is 0. The van der Waals surface area contributed by atoms with Crippen LogP contribution in [-0.2, 0) is 14.3 Å². The molecule has 4 rings (SSSR count). The van der Waals surface area contributed by atoms with E-state index in [-0.39, 0.29) is 36.7 Å². The van der Waals surface area contributed by atoms with E-state index < -0.39 is 0 Å². The molecule has 170 valence electrons. The number of nitrogens with one attached hydrogen (secondary N) is 1. The number of fused-ring (bicyclic) bond motifs is 1. The van der Waals surface area contributed by atoms with Crippen LogP contribution in [0.5, 0.6) is 0 Å². The topological polar surface area (TPSA) is 67.9 Å². The Morgan fingerprint density at radius 3 is 2.55 bits per heavy atom. The van der Waals surface area contributed by atoms with Crippen LogP contribution >= 0.6 is 0 Å². The molecule has 1 aromatic rings. The molecular weight excluding hydrogens is 392 g/mol. The second kappa shape index (κ2) is 10.5. The van der Waals surface area contributed by atoms with Gasteiger partial charge in [-0.25, -0.2) is 4.79 Å². The molecule has 4 atom stereocenters. The van der Waals surface area contributed by atoms with Crippen molar-refractivity contribution in [3.63, 3.8) is 0 Å². The molecule has 1 aromatic carbocycles. The van der Waals surface area contributed by atoms with Gasteiger partial charge in [-0.2, -0.15) is 0 Å². The summed E-state index contributed by atoms with van der Waals surface area (Å²) < 4.78 is 11.4. The Hall–Kier alpha value is -2.08. The molecular formula is C25H36N2O4. The van der Waals surface area contributed by atoms with Gasteiger partial charge in [0.15, 0.2) is 0 Å². The van der Waals surface area contributed by atoms with E-state index in [9.17, 15) is 9.59 Å². The van der Waals surface area contributed by atoms with E-state index in [1.807, 2.05) is 6.07 Å². The Bertz CT molecular complexity index is 734. The molecule has 1 heterocycles. The fourth-order valence-electron chi connectivity index (χ4n) is 5.63. The zero-order chi connectivity index (χ0) is 21.6. The van der Waals surface area contributed by atoms with E-state index in [0.29, 0.717) is 18.4 Å². The van der Waals surface area contributed by atoms with Crippen LogP contribution < -0.4 is 5.32 Å². The molecule has 6 heteroatoms. The maximum Gasteiger partial charge on any atom is 0.325 e. The van der Waals surface area contributed by atoms with Gasteiger partial charge in [0.05, 0.1) is 19.3 Å². The van der Waals surface area contributed by atoms with Crippen molar-refractivity contribution in [2.45, 2.75) is 76.5 Å². The lowest BCUT2D eigenvalue weighted by atomic mass is 9.86. The molecule has 1 N–H and O–H groups in total. The molecule has 0 radical (unpaired) electrons. The summed E-state index contributed by atoms with van der Waals surface area (Å²) in [5, 5.41) is 3.21. The van der Waals surface area contributed by atoms with E-state index in [1.54, 1.807) is 11.8 Å². The fraction of sp³-hybridized carbons (Fsp3) is 0.680. The predicted molar refractivity (Wildman–Crippen MR) is 118 cm³/mol. The van der Waals surface area contributed by atoms with Crippen molar-refractivity contribution in [1.29, 1.82) is 0 Å². The average molecular weight is 429 g/mol. The van der Waals surface area contributed by atoms with E-state index in [4.69, 9.17) is 9.47 Å². The predicted octanol–water partition coefficient (Wildman–Crippen LogP) is 4.45. The van der Waals surface area contributed by atoms with Gasteiger partial charge in [0.1, 0.15) is 6.54 Å². The van der Waals surface area contributed by atoms with Crippen LogP contribution in [0.3, 0.4) is 0 Å². The van der Waals surface area contributed by atoms with Gasteiger partial charge in [-0.3, -0.25) is 4.79 Å². The van der Waals surface area contributed by atoms with Gasteiger partial charge in [-0.1, -0.05) is 49.6 Å². The molecule has 0 unspecified atom stereocenters. The molecule has 6 nitrogen and oxygen atoms in total. The number of hydrogen-bond donors (Lipinski definition) is 1. The number of benzene rings is 1. The summed E-state index contributed by atoms with van der Waals surface area (Å²) in [6.07, 6.45) is 8.54. The summed E-state index contributed by atoms with van der Waals surface area (Å²) in [6.45, 7) is 2.88. The normalized spacial score (nSPS) is 28.5. The Morgan fingerprint density at radius 1 is 1.06 bits per heavy atom. The lowest BCUT2D eigenvalue weighted by molar-refractivity contribution is -0.144. The van der Waals surface area contributed by atoms with Crippen LogP contribution in [0.2, 0.25) is 0 Å². The molecule has 0 aromatic heterocycles. The van der Waals surface area contributed by atoms with Crippen molar-refractivity contribution >= 4 is 12.0 Å². The van der Waals surface area contributed by atoms with Crippen LogP contribution in [0.1, 0.15) is 70.0 Å². The summed E-state index contributed by atoms with van der Waals surface area (Å²) in [5.74, 6) is 0.628. The van der Waals surface area contributed by atoms with Gasteiger partial charge in [-0.05, 0) is 56.4 Å². The Kier molecular flexibility index (Phi) is 7.49. The molecule has 2 saturated carbocycles. The zero-order valence-electron chi connectivity index (χ0n) is 18.6. The third-order valence-electron chi connectivity index (χ3n) is 7.26. The molecule has 3 fully saturated rings. The fourth-order valence-corrected chi connectivity index (χ4v) is 5.63. The van der Waals surface area contributed by atoms with Gasteiger partial charge < -0.3 is 19.7 Å². The van der Waals surface area contributed by atoms with Crippen molar-refractivity contribution in [2.75, 3.05) is 19.8 Å². The summed E-state index contributed by atoms with van der Waals surface area (Å²) in [5.41, 5.74) is 1.22. The lowest BCUT2D eigenvalue weighted by Gasteiger charge is -2.32. The maximum absolute atomic E-state index is 13.2. The highest BCUT2D eigenvalue weighted by Gasteiger charge is 2.43. The van der Waals surface area contributed by atoms with Gasteiger partial charge >= 0.3 is 12.0 Å². The van der Waals surface area contributed by atoms with E-state index >= 15 is 0 Å². The number of urea groups is 1. The first-order chi connectivity index (χ1) is 15.1. The quantitative estimate of drug-likeness (QED) is 0.680. The van der Waals surface area contributed by atoms with Crippen molar-refractivity contribution in [3.05, 3.63) is 35.9 Å². The highest BCUT2D eigenvalue weighted by atomic mass is 16.5. The molecule has 1 saturated heterocycles. The minimum absolute atomic E-state index is 0.0273. The molecule has 2 amide bonds. The molecule has 0 bridgehead atoms. The Balaban J connectivity index is 1.41. The standard InChI is InChI=1S/C25H36N2O4/c1-2-30-24(28)16-27(25(29)26-21-11-7-4-8-12-21)22-13-19-15-23(31-17-20(19)14-22)18-9-5-3-6-10-18/h3,5-6,9-10,19-23H,2,4,7-8,11-17H2,1H3,(H,26,29)/t19-,20+,22-,23-/m0/s1. The number of rotatable bonds is 6. The number of amides is 2. The molecule has 2 aliphatic carbocycles. The van der Waals surface area contributed by atoms with Crippen LogP contribution in [0.25, 0.3) is 0 Å². The largest absolute Gasteiger partial charge is 0.465 e. The maximum atomic E-state index is 13.2. The first-order valence-electron chi connectivity index (χ1n) is 12.0. The highest BCUT2D eigenvalue weighted by molar-refractivity contribution is 5.81.